The summed E-state index contributed by atoms with van der Waals surface area (Å²) in [6.07, 6.45) is 2.69. The first-order valence-electron chi connectivity index (χ1n) is 6.48. The number of aliphatic hydroxyl groups is 1. The molecular formula is C13H25NO3. The fraction of sp³-hybridized carbons (Fsp3) is 0.923. The highest BCUT2D eigenvalue weighted by molar-refractivity contribution is 5.78. The second-order valence-corrected chi connectivity index (χ2v) is 5.52. The molecule has 4 heteroatoms. The minimum Gasteiger partial charge on any atom is -0.394 e. The Kier molecular flexibility index (Phi) is 4.95. The summed E-state index contributed by atoms with van der Waals surface area (Å²) in [4.78, 5) is 11.7. The summed E-state index contributed by atoms with van der Waals surface area (Å²) in [6, 6.07) is 0. The predicted molar refractivity (Wildman–Crippen MR) is 66.3 cm³/mol. The molecule has 3 atom stereocenters. The van der Waals surface area contributed by atoms with E-state index in [2.05, 4.69) is 20.8 Å². The van der Waals surface area contributed by atoms with Crippen LogP contribution in [0.5, 0.6) is 0 Å². The van der Waals surface area contributed by atoms with Crippen LogP contribution in [0.25, 0.3) is 0 Å². The molecule has 1 aliphatic carbocycles. The number of carbonyl (C=O) groups excluding carboxylic acids is 1. The van der Waals surface area contributed by atoms with Crippen molar-refractivity contribution in [1.82, 2.24) is 0 Å². The number of amides is 1. The number of aliphatic hydroxyl groups excluding tert-OH is 1. The van der Waals surface area contributed by atoms with Gasteiger partial charge in [-0.1, -0.05) is 20.8 Å². The van der Waals surface area contributed by atoms with Crippen LogP contribution in [0.4, 0.5) is 0 Å². The third-order valence-electron chi connectivity index (χ3n) is 4.04. The zero-order valence-corrected chi connectivity index (χ0v) is 11.1. The van der Waals surface area contributed by atoms with E-state index in [1.807, 2.05) is 0 Å². The molecule has 0 aromatic rings. The van der Waals surface area contributed by atoms with Crippen LogP contribution < -0.4 is 5.73 Å². The largest absolute Gasteiger partial charge is 0.394 e. The Morgan fingerprint density at radius 1 is 1.59 bits per heavy atom. The standard InChI is InChI=1S/C13H25NO3/c1-9(2)13(17-7-6-15)5-4-10(3)8-11(13)12(14)16/h9-11,15H,4-8H2,1-3H3,(H2,14,16)/t10?,11-,13?/m1/s1. The zero-order valence-electron chi connectivity index (χ0n) is 11.1. The minimum absolute atomic E-state index is 0.0183. The number of ether oxygens (including phenoxy) is 1. The summed E-state index contributed by atoms with van der Waals surface area (Å²) in [5, 5.41) is 8.93. The Hall–Kier alpha value is -0.610. The van der Waals surface area contributed by atoms with Gasteiger partial charge in [0.2, 0.25) is 5.91 Å². The Morgan fingerprint density at radius 3 is 2.71 bits per heavy atom. The first-order chi connectivity index (χ1) is 7.94. The van der Waals surface area contributed by atoms with Crippen LogP contribution in [0.15, 0.2) is 0 Å². The molecule has 0 aromatic carbocycles. The van der Waals surface area contributed by atoms with Gasteiger partial charge in [-0.3, -0.25) is 4.79 Å². The first-order valence-corrected chi connectivity index (χ1v) is 6.48. The van der Waals surface area contributed by atoms with Crippen LogP contribution in [0, 0.1) is 17.8 Å². The van der Waals surface area contributed by atoms with Crippen molar-refractivity contribution < 1.29 is 14.6 Å². The molecule has 0 bridgehead atoms. The molecule has 3 N–H and O–H groups in total. The van der Waals surface area contributed by atoms with Crippen LogP contribution >= 0.6 is 0 Å². The molecule has 0 aliphatic heterocycles. The molecule has 1 saturated carbocycles. The smallest absolute Gasteiger partial charge is 0.223 e. The highest BCUT2D eigenvalue weighted by Crippen LogP contribution is 2.44. The lowest BCUT2D eigenvalue weighted by Crippen LogP contribution is -2.54. The van der Waals surface area contributed by atoms with Crippen molar-refractivity contribution in [2.75, 3.05) is 13.2 Å². The number of rotatable bonds is 5. The maximum absolute atomic E-state index is 11.7. The van der Waals surface area contributed by atoms with Crippen LogP contribution in [0.1, 0.15) is 40.0 Å². The van der Waals surface area contributed by atoms with Gasteiger partial charge in [0, 0.05) is 0 Å². The quantitative estimate of drug-likeness (QED) is 0.764. The summed E-state index contributed by atoms with van der Waals surface area (Å²) in [5.41, 5.74) is 5.05. The second kappa shape index (κ2) is 5.83. The molecule has 1 fully saturated rings. The van der Waals surface area contributed by atoms with Crippen molar-refractivity contribution in [3.05, 3.63) is 0 Å². The minimum atomic E-state index is -0.485. The zero-order chi connectivity index (χ0) is 13.1. The Balaban J connectivity index is 2.94. The fourth-order valence-corrected chi connectivity index (χ4v) is 2.99. The van der Waals surface area contributed by atoms with Crippen LogP contribution in [-0.2, 0) is 9.53 Å². The summed E-state index contributed by atoms with van der Waals surface area (Å²) in [5.74, 6) is 0.220. The highest BCUT2D eigenvalue weighted by Gasteiger charge is 2.48. The van der Waals surface area contributed by atoms with E-state index in [0.717, 1.165) is 19.3 Å². The Labute approximate surface area is 104 Å². The average molecular weight is 243 g/mol. The van der Waals surface area contributed by atoms with E-state index in [4.69, 9.17) is 15.6 Å². The van der Waals surface area contributed by atoms with Gasteiger partial charge in [-0.25, -0.2) is 0 Å². The first kappa shape index (κ1) is 14.5. The molecule has 2 unspecified atom stereocenters. The third kappa shape index (κ3) is 2.99. The number of hydrogen-bond donors (Lipinski definition) is 2. The molecule has 4 nitrogen and oxygen atoms in total. The number of carbonyl (C=O) groups is 1. The predicted octanol–water partition coefficient (Wildman–Crippen LogP) is 1.31. The van der Waals surface area contributed by atoms with E-state index in [1.165, 1.54) is 0 Å². The molecule has 1 rings (SSSR count). The molecular weight excluding hydrogens is 218 g/mol. The van der Waals surface area contributed by atoms with E-state index < -0.39 is 5.60 Å². The van der Waals surface area contributed by atoms with Crippen molar-refractivity contribution in [3.8, 4) is 0 Å². The molecule has 100 valence electrons. The van der Waals surface area contributed by atoms with E-state index in [0.29, 0.717) is 5.92 Å². The third-order valence-corrected chi connectivity index (χ3v) is 4.04. The van der Waals surface area contributed by atoms with Crippen molar-refractivity contribution in [2.45, 2.75) is 45.6 Å². The maximum Gasteiger partial charge on any atom is 0.223 e. The molecule has 17 heavy (non-hydrogen) atoms. The van der Waals surface area contributed by atoms with Gasteiger partial charge in [0.15, 0.2) is 0 Å². The van der Waals surface area contributed by atoms with Gasteiger partial charge < -0.3 is 15.6 Å². The monoisotopic (exact) mass is 243 g/mol. The van der Waals surface area contributed by atoms with Gasteiger partial charge in [0.1, 0.15) is 0 Å². The molecule has 1 aliphatic rings. The topological polar surface area (TPSA) is 72.6 Å². The van der Waals surface area contributed by atoms with Crippen LogP contribution in [0.3, 0.4) is 0 Å². The molecule has 0 heterocycles. The molecule has 0 spiro atoms. The highest BCUT2D eigenvalue weighted by atomic mass is 16.5. The van der Waals surface area contributed by atoms with Crippen LogP contribution in [0.2, 0.25) is 0 Å². The maximum atomic E-state index is 11.7. The number of hydrogen-bond acceptors (Lipinski definition) is 3. The van der Waals surface area contributed by atoms with Crippen LogP contribution in [-0.4, -0.2) is 29.8 Å². The van der Waals surface area contributed by atoms with Gasteiger partial charge >= 0.3 is 0 Å². The summed E-state index contributed by atoms with van der Waals surface area (Å²) >= 11 is 0. The lowest BCUT2D eigenvalue weighted by atomic mass is 9.66. The van der Waals surface area contributed by atoms with Gasteiger partial charge in [-0.15, -0.1) is 0 Å². The fourth-order valence-electron chi connectivity index (χ4n) is 2.99. The number of nitrogens with two attached hydrogens (primary N) is 1. The Morgan fingerprint density at radius 2 is 2.24 bits per heavy atom. The lowest BCUT2D eigenvalue weighted by molar-refractivity contribution is -0.165. The van der Waals surface area contributed by atoms with E-state index in [-0.39, 0.29) is 31.0 Å². The van der Waals surface area contributed by atoms with Crippen molar-refractivity contribution in [2.24, 2.45) is 23.5 Å². The lowest BCUT2D eigenvalue weighted by Gasteiger charge is -2.47. The van der Waals surface area contributed by atoms with Crippen molar-refractivity contribution >= 4 is 5.91 Å². The van der Waals surface area contributed by atoms with Crippen molar-refractivity contribution in [1.29, 1.82) is 0 Å². The molecule has 0 saturated heterocycles. The molecule has 0 radical (unpaired) electrons. The average Bonchev–Trinajstić information content (AvgIpc) is 2.27. The summed E-state index contributed by atoms with van der Waals surface area (Å²) in [6.45, 7) is 6.52. The number of primary amides is 1. The normalized spacial score (nSPS) is 33.9. The Bertz CT molecular complexity index is 263. The van der Waals surface area contributed by atoms with Gasteiger partial charge in [-0.05, 0) is 31.1 Å². The SMILES string of the molecule is CC1CCC(OCCO)(C(C)C)[C@@H](C(N)=O)C1. The van der Waals surface area contributed by atoms with E-state index in [1.54, 1.807) is 0 Å². The molecule has 0 aromatic heterocycles. The van der Waals surface area contributed by atoms with Crippen molar-refractivity contribution in [3.63, 3.8) is 0 Å². The van der Waals surface area contributed by atoms with Gasteiger partial charge in [0.25, 0.3) is 0 Å². The van der Waals surface area contributed by atoms with Gasteiger partial charge in [-0.2, -0.15) is 0 Å². The summed E-state index contributed by atoms with van der Waals surface area (Å²) < 4.78 is 5.85. The second-order valence-electron chi connectivity index (χ2n) is 5.52. The summed E-state index contributed by atoms with van der Waals surface area (Å²) in [7, 11) is 0. The molecule has 1 amide bonds. The van der Waals surface area contributed by atoms with Gasteiger partial charge in [0.05, 0.1) is 24.7 Å². The van der Waals surface area contributed by atoms with E-state index >= 15 is 0 Å². The van der Waals surface area contributed by atoms with E-state index in [9.17, 15) is 4.79 Å².